The van der Waals surface area contributed by atoms with Gasteiger partial charge >= 0.3 is 0 Å². The van der Waals surface area contributed by atoms with Gasteiger partial charge in [-0.05, 0) is 66.8 Å². The largest absolute Gasteiger partial charge is 0.308 e. The fourth-order valence-corrected chi connectivity index (χ4v) is 4.75. The van der Waals surface area contributed by atoms with Crippen LogP contribution in [0.2, 0.25) is 0 Å². The first-order valence-corrected chi connectivity index (χ1v) is 11.6. The molecule has 0 bridgehead atoms. The number of fused-ring (bicyclic) bond motifs is 1. The van der Waals surface area contributed by atoms with Gasteiger partial charge in [0.15, 0.2) is 0 Å². The molecule has 0 aliphatic carbocycles. The van der Waals surface area contributed by atoms with Crippen molar-refractivity contribution in [1.29, 1.82) is 0 Å². The van der Waals surface area contributed by atoms with Gasteiger partial charge in [0.2, 0.25) is 0 Å². The Morgan fingerprint density at radius 2 is 1.73 bits per heavy atom. The van der Waals surface area contributed by atoms with Gasteiger partial charge in [0.1, 0.15) is 0 Å². The lowest BCUT2D eigenvalue weighted by Gasteiger charge is -2.30. The molecule has 3 aromatic rings. The molecule has 0 radical (unpaired) electrons. The van der Waals surface area contributed by atoms with Crippen LogP contribution in [-0.4, -0.2) is 20.9 Å². The van der Waals surface area contributed by atoms with Gasteiger partial charge in [0, 0.05) is 17.8 Å². The molecule has 1 N–H and O–H groups in total. The SMILES string of the molecule is CCc1ccc(S(=O)(=O)Nc2ccc3c(c2)N(C(=O)c2ccccc2)CCC3)cc1. The molecule has 3 aromatic carbocycles. The van der Waals surface area contributed by atoms with E-state index >= 15 is 0 Å². The molecule has 6 heteroatoms. The molecule has 1 amide bonds. The van der Waals surface area contributed by atoms with Crippen molar-refractivity contribution in [1.82, 2.24) is 0 Å². The van der Waals surface area contributed by atoms with Crippen LogP contribution in [0.5, 0.6) is 0 Å². The van der Waals surface area contributed by atoms with Gasteiger partial charge in [-0.1, -0.05) is 43.3 Å². The number of carbonyl (C=O) groups is 1. The molecule has 30 heavy (non-hydrogen) atoms. The third-order valence-corrected chi connectivity index (χ3v) is 6.76. The Kier molecular flexibility index (Phi) is 5.59. The second-order valence-electron chi connectivity index (χ2n) is 7.37. The van der Waals surface area contributed by atoms with Crippen LogP contribution in [0.3, 0.4) is 0 Å². The highest BCUT2D eigenvalue weighted by Gasteiger charge is 2.24. The van der Waals surface area contributed by atoms with Gasteiger partial charge in [0.05, 0.1) is 10.6 Å². The molecule has 1 aliphatic rings. The van der Waals surface area contributed by atoms with E-state index in [9.17, 15) is 13.2 Å². The Hall–Kier alpha value is -3.12. The molecular formula is C24H24N2O3S. The van der Waals surface area contributed by atoms with Crippen molar-refractivity contribution in [2.45, 2.75) is 31.1 Å². The number of sulfonamides is 1. The summed E-state index contributed by atoms with van der Waals surface area (Å²) >= 11 is 0. The van der Waals surface area contributed by atoms with E-state index in [4.69, 9.17) is 0 Å². The second-order valence-corrected chi connectivity index (χ2v) is 9.06. The highest BCUT2D eigenvalue weighted by molar-refractivity contribution is 7.92. The zero-order valence-corrected chi connectivity index (χ0v) is 17.7. The van der Waals surface area contributed by atoms with E-state index in [-0.39, 0.29) is 10.8 Å². The first-order valence-electron chi connectivity index (χ1n) is 10.1. The number of amides is 1. The van der Waals surface area contributed by atoms with Crippen molar-refractivity contribution in [2.24, 2.45) is 0 Å². The van der Waals surface area contributed by atoms with Crippen LogP contribution in [0.1, 0.15) is 34.8 Å². The number of carbonyl (C=O) groups excluding carboxylic acids is 1. The Bertz CT molecular complexity index is 1160. The predicted molar refractivity (Wildman–Crippen MR) is 120 cm³/mol. The zero-order chi connectivity index (χ0) is 21.1. The van der Waals surface area contributed by atoms with E-state index in [0.29, 0.717) is 17.8 Å². The van der Waals surface area contributed by atoms with Crippen LogP contribution in [0.25, 0.3) is 0 Å². The van der Waals surface area contributed by atoms with Crippen molar-refractivity contribution in [3.63, 3.8) is 0 Å². The first kappa shape index (κ1) is 20.2. The minimum absolute atomic E-state index is 0.0771. The van der Waals surface area contributed by atoms with E-state index < -0.39 is 10.0 Å². The Balaban J connectivity index is 1.63. The van der Waals surface area contributed by atoms with E-state index in [2.05, 4.69) is 4.72 Å². The van der Waals surface area contributed by atoms with E-state index in [1.807, 2.05) is 43.3 Å². The van der Waals surface area contributed by atoms with Crippen LogP contribution in [0, 0.1) is 0 Å². The Morgan fingerprint density at radius 3 is 2.43 bits per heavy atom. The Labute approximate surface area is 177 Å². The van der Waals surface area contributed by atoms with Crippen LogP contribution in [-0.2, 0) is 22.9 Å². The maximum absolute atomic E-state index is 13.0. The number of nitrogens with one attached hydrogen (secondary N) is 1. The van der Waals surface area contributed by atoms with Gasteiger partial charge in [0.25, 0.3) is 15.9 Å². The second kappa shape index (κ2) is 8.32. The standard InChI is InChI=1S/C24H24N2O3S/c1-2-18-10-14-22(15-11-18)30(28,29)25-21-13-12-19-9-6-16-26(23(19)17-21)24(27)20-7-4-3-5-8-20/h3-5,7-8,10-15,17,25H,2,6,9,16H2,1H3. The van der Waals surface area contributed by atoms with Crippen molar-refractivity contribution >= 4 is 27.3 Å². The first-order chi connectivity index (χ1) is 14.5. The summed E-state index contributed by atoms with van der Waals surface area (Å²) in [4.78, 5) is 15.0. The molecule has 0 unspecified atom stereocenters. The third-order valence-electron chi connectivity index (χ3n) is 5.36. The number of anilines is 2. The molecule has 0 saturated carbocycles. The highest BCUT2D eigenvalue weighted by atomic mass is 32.2. The molecular weight excluding hydrogens is 396 g/mol. The molecule has 0 saturated heterocycles. The fourth-order valence-electron chi connectivity index (χ4n) is 3.70. The maximum atomic E-state index is 13.0. The Morgan fingerprint density at radius 1 is 1.00 bits per heavy atom. The van der Waals surface area contributed by atoms with E-state index in [0.717, 1.165) is 36.1 Å². The molecule has 0 spiro atoms. The average Bonchev–Trinajstić information content (AvgIpc) is 2.78. The summed E-state index contributed by atoms with van der Waals surface area (Å²) in [6.45, 7) is 2.63. The summed E-state index contributed by atoms with van der Waals surface area (Å²) in [6, 6.07) is 21.4. The van der Waals surface area contributed by atoms with Gasteiger partial charge in [-0.25, -0.2) is 8.42 Å². The molecule has 154 valence electrons. The monoisotopic (exact) mass is 420 g/mol. The zero-order valence-electron chi connectivity index (χ0n) is 16.8. The lowest BCUT2D eigenvalue weighted by atomic mass is 10.00. The molecule has 0 fully saturated rings. The highest BCUT2D eigenvalue weighted by Crippen LogP contribution is 2.32. The molecule has 1 aliphatic heterocycles. The molecule has 1 heterocycles. The lowest BCUT2D eigenvalue weighted by Crippen LogP contribution is -2.35. The summed E-state index contributed by atoms with van der Waals surface area (Å²) in [5.74, 6) is -0.0771. The lowest BCUT2D eigenvalue weighted by molar-refractivity contribution is 0.0985. The van der Waals surface area contributed by atoms with Crippen LogP contribution in [0.15, 0.2) is 77.7 Å². The number of rotatable bonds is 5. The summed E-state index contributed by atoms with van der Waals surface area (Å²) in [7, 11) is -3.71. The minimum atomic E-state index is -3.71. The van der Waals surface area contributed by atoms with Gasteiger partial charge in [-0.3, -0.25) is 9.52 Å². The number of aryl methyl sites for hydroxylation is 2. The molecule has 0 aromatic heterocycles. The van der Waals surface area contributed by atoms with Gasteiger partial charge in [-0.2, -0.15) is 0 Å². The van der Waals surface area contributed by atoms with E-state index in [1.165, 1.54) is 0 Å². The van der Waals surface area contributed by atoms with Gasteiger partial charge in [-0.15, -0.1) is 0 Å². The summed E-state index contributed by atoms with van der Waals surface area (Å²) in [5.41, 5.74) is 3.95. The molecule has 4 rings (SSSR count). The number of benzene rings is 3. The number of hydrogen-bond acceptors (Lipinski definition) is 3. The molecule has 5 nitrogen and oxygen atoms in total. The quantitative estimate of drug-likeness (QED) is 0.654. The maximum Gasteiger partial charge on any atom is 0.261 e. The van der Waals surface area contributed by atoms with Crippen molar-refractivity contribution < 1.29 is 13.2 Å². The summed E-state index contributed by atoms with van der Waals surface area (Å²) in [6.07, 6.45) is 2.59. The molecule has 0 atom stereocenters. The van der Waals surface area contributed by atoms with Crippen molar-refractivity contribution in [3.8, 4) is 0 Å². The van der Waals surface area contributed by atoms with Gasteiger partial charge < -0.3 is 4.90 Å². The third kappa shape index (κ3) is 4.09. The fraction of sp³-hybridized carbons (Fsp3) is 0.208. The summed E-state index contributed by atoms with van der Waals surface area (Å²) in [5, 5.41) is 0. The number of nitrogens with zero attached hydrogens (tertiary/aromatic N) is 1. The summed E-state index contributed by atoms with van der Waals surface area (Å²) < 4.78 is 28.3. The number of hydrogen-bond donors (Lipinski definition) is 1. The predicted octanol–water partition coefficient (Wildman–Crippen LogP) is 4.64. The van der Waals surface area contributed by atoms with Crippen molar-refractivity contribution in [3.05, 3.63) is 89.5 Å². The van der Waals surface area contributed by atoms with Crippen LogP contribution in [0.4, 0.5) is 11.4 Å². The average molecular weight is 421 g/mol. The van der Waals surface area contributed by atoms with Crippen LogP contribution < -0.4 is 9.62 Å². The smallest absolute Gasteiger partial charge is 0.261 e. The van der Waals surface area contributed by atoms with Crippen molar-refractivity contribution in [2.75, 3.05) is 16.2 Å². The van der Waals surface area contributed by atoms with E-state index in [1.54, 1.807) is 41.3 Å². The van der Waals surface area contributed by atoms with Crippen LogP contribution >= 0.6 is 0 Å². The minimum Gasteiger partial charge on any atom is -0.308 e. The topological polar surface area (TPSA) is 66.5 Å². The normalized spacial score (nSPS) is 13.6.